The number of pyridine rings is 1. The van der Waals surface area contributed by atoms with Gasteiger partial charge in [-0.3, -0.25) is 9.48 Å². The van der Waals surface area contributed by atoms with E-state index in [1.807, 2.05) is 54.7 Å². The molecule has 3 heterocycles. The highest BCUT2D eigenvalue weighted by Crippen LogP contribution is 2.19. The van der Waals surface area contributed by atoms with Gasteiger partial charge in [0.05, 0.1) is 11.2 Å². The molecule has 3 aromatic heterocycles. The Morgan fingerprint density at radius 3 is 2.75 bits per heavy atom. The first kappa shape index (κ1) is 14.2. The average molecular weight is 317 g/mol. The van der Waals surface area contributed by atoms with Crippen molar-refractivity contribution in [2.24, 2.45) is 7.05 Å². The van der Waals surface area contributed by atoms with Crippen molar-refractivity contribution in [2.75, 3.05) is 5.32 Å². The van der Waals surface area contributed by atoms with Crippen molar-refractivity contribution in [1.29, 1.82) is 0 Å². The third-order valence-corrected chi connectivity index (χ3v) is 3.84. The molecule has 0 saturated carbocycles. The Hall–Kier alpha value is -3.41. The maximum absolute atomic E-state index is 12.6. The SMILES string of the molecule is Cn1nc(-c2ccccc2)cc1C(=O)Nc1ccn2nccc2c1. The second kappa shape index (κ2) is 5.66. The predicted octanol–water partition coefficient (Wildman–Crippen LogP) is 2.99. The molecule has 24 heavy (non-hydrogen) atoms. The summed E-state index contributed by atoms with van der Waals surface area (Å²) in [5, 5.41) is 11.5. The zero-order chi connectivity index (χ0) is 16.5. The number of amides is 1. The van der Waals surface area contributed by atoms with Gasteiger partial charge in [-0.2, -0.15) is 10.2 Å². The Balaban J connectivity index is 1.61. The first-order chi connectivity index (χ1) is 11.7. The van der Waals surface area contributed by atoms with Crippen LogP contribution in [-0.4, -0.2) is 25.3 Å². The largest absolute Gasteiger partial charge is 0.321 e. The van der Waals surface area contributed by atoms with Gasteiger partial charge in [0.25, 0.3) is 5.91 Å². The topological polar surface area (TPSA) is 64.2 Å². The van der Waals surface area contributed by atoms with E-state index >= 15 is 0 Å². The minimum absolute atomic E-state index is 0.198. The van der Waals surface area contributed by atoms with Gasteiger partial charge < -0.3 is 5.32 Å². The zero-order valence-electron chi connectivity index (χ0n) is 13.0. The van der Waals surface area contributed by atoms with Gasteiger partial charge in [-0.1, -0.05) is 30.3 Å². The number of rotatable bonds is 3. The molecule has 0 unspecified atom stereocenters. The molecule has 0 spiro atoms. The summed E-state index contributed by atoms with van der Waals surface area (Å²) in [6.45, 7) is 0. The molecule has 0 aliphatic carbocycles. The van der Waals surface area contributed by atoms with Crippen LogP contribution in [0.25, 0.3) is 16.8 Å². The molecule has 0 fully saturated rings. The highest BCUT2D eigenvalue weighted by molar-refractivity contribution is 6.03. The molecule has 118 valence electrons. The van der Waals surface area contributed by atoms with Gasteiger partial charge in [-0.25, -0.2) is 4.52 Å². The summed E-state index contributed by atoms with van der Waals surface area (Å²) in [6, 6.07) is 17.2. The smallest absolute Gasteiger partial charge is 0.273 e. The number of hydrogen-bond acceptors (Lipinski definition) is 3. The van der Waals surface area contributed by atoms with Gasteiger partial charge in [-0.05, 0) is 24.3 Å². The standard InChI is InChI=1S/C18H15N5O/c1-22-17(12-16(21-22)13-5-3-2-4-6-13)18(24)20-14-8-10-23-15(11-14)7-9-19-23/h2-12H,1H3,(H,20,24). The predicted molar refractivity (Wildman–Crippen MR) is 91.8 cm³/mol. The van der Waals surface area contributed by atoms with Gasteiger partial charge in [0.2, 0.25) is 0 Å². The maximum Gasteiger partial charge on any atom is 0.273 e. The van der Waals surface area contributed by atoms with Crippen LogP contribution in [0.1, 0.15) is 10.5 Å². The van der Waals surface area contributed by atoms with Crippen LogP contribution in [0.2, 0.25) is 0 Å². The summed E-state index contributed by atoms with van der Waals surface area (Å²) in [7, 11) is 1.77. The molecule has 1 amide bonds. The number of fused-ring (bicyclic) bond motifs is 1. The Kier molecular flexibility index (Phi) is 3.35. The molecule has 0 aliphatic rings. The van der Waals surface area contributed by atoms with Crippen LogP contribution in [0.3, 0.4) is 0 Å². The highest BCUT2D eigenvalue weighted by atomic mass is 16.2. The average Bonchev–Trinajstić information content (AvgIpc) is 3.21. The van der Waals surface area contributed by atoms with Crippen molar-refractivity contribution < 1.29 is 4.79 Å². The second-order valence-electron chi connectivity index (χ2n) is 5.47. The van der Waals surface area contributed by atoms with Crippen LogP contribution in [0.15, 0.2) is 67.0 Å². The Bertz CT molecular complexity index is 1020. The fourth-order valence-electron chi connectivity index (χ4n) is 2.62. The summed E-state index contributed by atoms with van der Waals surface area (Å²) in [6.07, 6.45) is 3.53. The van der Waals surface area contributed by atoms with Crippen molar-refractivity contribution in [3.05, 3.63) is 72.7 Å². The van der Waals surface area contributed by atoms with Crippen LogP contribution in [0.4, 0.5) is 5.69 Å². The van der Waals surface area contributed by atoms with Crippen LogP contribution in [0, 0.1) is 0 Å². The molecule has 0 radical (unpaired) electrons. The maximum atomic E-state index is 12.6. The lowest BCUT2D eigenvalue weighted by molar-refractivity contribution is 0.101. The van der Waals surface area contributed by atoms with E-state index in [0.717, 1.165) is 22.5 Å². The Morgan fingerprint density at radius 2 is 1.92 bits per heavy atom. The van der Waals surface area contributed by atoms with Crippen molar-refractivity contribution in [3.8, 4) is 11.3 Å². The summed E-state index contributed by atoms with van der Waals surface area (Å²) >= 11 is 0. The molecule has 4 rings (SSSR count). The molecule has 0 bridgehead atoms. The van der Waals surface area contributed by atoms with Crippen molar-refractivity contribution in [1.82, 2.24) is 19.4 Å². The number of carbonyl (C=O) groups excluding carboxylic acids is 1. The number of carbonyl (C=O) groups is 1. The van der Waals surface area contributed by atoms with Gasteiger partial charge in [0.15, 0.2) is 0 Å². The number of hydrogen-bond donors (Lipinski definition) is 1. The van der Waals surface area contributed by atoms with Crippen molar-refractivity contribution in [3.63, 3.8) is 0 Å². The Morgan fingerprint density at radius 1 is 1.08 bits per heavy atom. The lowest BCUT2D eigenvalue weighted by Crippen LogP contribution is -2.16. The van der Waals surface area contributed by atoms with Gasteiger partial charge in [-0.15, -0.1) is 0 Å². The molecule has 1 N–H and O–H groups in total. The molecule has 0 aliphatic heterocycles. The van der Waals surface area contributed by atoms with E-state index in [9.17, 15) is 4.79 Å². The van der Waals surface area contributed by atoms with Gasteiger partial charge in [0, 0.05) is 30.7 Å². The molecule has 0 atom stereocenters. The minimum Gasteiger partial charge on any atom is -0.321 e. The van der Waals surface area contributed by atoms with Crippen molar-refractivity contribution in [2.45, 2.75) is 0 Å². The van der Waals surface area contributed by atoms with E-state index < -0.39 is 0 Å². The molecule has 0 saturated heterocycles. The second-order valence-corrected chi connectivity index (χ2v) is 5.47. The number of nitrogens with one attached hydrogen (secondary N) is 1. The van der Waals surface area contributed by atoms with E-state index in [1.165, 1.54) is 0 Å². The van der Waals surface area contributed by atoms with Gasteiger partial charge in [0.1, 0.15) is 5.69 Å². The highest BCUT2D eigenvalue weighted by Gasteiger charge is 2.14. The minimum atomic E-state index is -0.198. The molecule has 6 nitrogen and oxygen atoms in total. The van der Waals surface area contributed by atoms with Gasteiger partial charge >= 0.3 is 0 Å². The quantitative estimate of drug-likeness (QED) is 0.632. The van der Waals surface area contributed by atoms with Crippen LogP contribution in [-0.2, 0) is 7.05 Å². The lowest BCUT2D eigenvalue weighted by Gasteiger charge is -2.05. The van der Waals surface area contributed by atoms with Crippen LogP contribution in [0.5, 0.6) is 0 Å². The molecule has 1 aromatic carbocycles. The zero-order valence-corrected chi connectivity index (χ0v) is 13.0. The number of aromatic nitrogens is 4. The summed E-state index contributed by atoms with van der Waals surface area (Å²) < 4.78 is 3.34. The van der Waals surface area contributed by atoms with E-state index in [0.29, 0.717) is 5.69 Å². The van der Waals surface area contributed by atoms with E-state index in [2.05, 4.69) is 15.5 Å². The Labute approximate surface area is 138 Å². The monoisotopic (exact) mass is 317 g/mol. The third-order valence-electron chi connectivity index (χ3n) is 3.84. The molecule has 4 aromatic rings. The number of nitrogens with zero attached hydrogens (tertiary/aromatic N) is 4. The van der Waals surface area contributed by atoms with Crippen LogP contribution >= 0.6 is 0 Å². The first-order valence-electron chi connectivity index (χ1n) is 7.55. The first-order valence-corrected chi connectivity index (χ1v) is 7.55. The number of benzene rings is 1. The number of anilines is 1. The number of aryl methyl sites for hydroxylation is 1. The van der Waals surface area contributed by atoms with E-state index in [-0.39, 0.29) is 5.91 Å². The van der Waals surface area contributed by atoms with Crippen LogP contribution < -0.4 is 5.32 Å². The van der Waals surface area contributed by atoms with Crippen molar-refractivity contribution >= 4 is 17.1 Å². The fourth-order valence-corrected chi connectivity index (χ4v) is 2.62. The summed E-state index contributed by atoms with van der Waals surface area (Å²) in [5.41, 5.74) is 3.89. The summed E-state index contributed by atoms with van der Waals surface area (Å²) in [5.74, 6) is -0.198. The molecule has 6 heteroatoms. The van der Waals surface area contributed by atoms with E-state index in [1.54, 1.807) is 28.5 Å². The third kappa shape index (κ3) is 2.54. The fraction of sp³-hybridized carbons (Fsp3) is 0.0556. The van der Waals surface area contributed by atoms with E-state index in [4.69, 9.17) is 0 Å². The molecular formula is C18H15N5O. The summed E-state index contributed by atoms with van der Waals surface area (Å²) in [4.78, 5) is 12.6. The molecular weight excluding hydrogens is 302 g/mol. The lowest BCUT2D eigenvalue weighted by atomic mass is 10.1. The normalized spacial score (nSPS) is 10.9.